The Morgan fingerprint density at radius 1 is 0.206 bits per heavy atom. The number of amides is 5. The molecule has 10 fully saturated rings. The van der Waals surface area contributed by atoms with E-state index in [-0.39, 0.29) is 0 Å². The molecule has 0 aromatic heterocycles. The quantitative estimate of drug-likeness (QED) is 0.0290. The Labute approximate surface area is 713 Å². The van der Waals surface area contributed by atoms with Gasteiger partial charge in [-0.15, -0.1) is 0 Å². The molecule has 10 aliphatic heterocycles. The molecule has 56 nitrogen and oxygen atoms in total. The van der Waals surface area contributed by atoms with E-state index in [1.165, 1.54) is 0 Å². The molecule has 10 rings (SSSR count). The topological polar surface area (TPSA) is 867 Å². The van der Waals surface area contributed by atoms with Gasteiger partial charge in [0.05, 0.1) is 66.1 Å². The summed E-state index contributed by atoms with van der Waals surface area (Å²) in [6.07, 6.45) is -95.6. The predicted octanol–water partition coefficient (Wildman–Crippen LogP) is -22.1. The third-order valence-corrected chi connectivity index (χ3v) is 22.9. The van der Waals surface area contributed by atoms with Crippen molar-refractivity contribution in [1.29, 1.82) is 0 Å². The van der Waals surface area contributed by atoms with E-state index >= 15 is 0 Å². The standard InChI is InChI=1S/C70H117N5O51/c1-16(85)71-31-45(99)36(90)21(6-76)111-63(31)123-57-41(95)27(12-82)116-68(50(57)104)120-54-33(73-18(3)87)62(110-23(8-78)38(54)92)108-15-30-44(98)60(126-66-34(74-19(4)88)55(39(93)24(9-79)114-66)121-69-51(105)58(42(96)28(13-83)117-69)124-64-32(72-17(2)86)46(100)37(91)22(7-77)112-64)52(106)70(118-30)122-56-35(75-20(5)89)65(113-25(10-80)40(56)94)125-59-43(97)26(11-81)115-67(49(59)103)119-53-29(14-84)109-61(107)48(102)47(53)101/h21-70,76-84,90-107H,6-15H2,1-5H3,(H,71,85)(H,72,86)(H,73,87)(H,74,88)(H,75,89)/t21-,22-,23-,24-,25-,26-,27-,28-,29-,30-,31-,32-,33-,34-,35-,36+,37+,38-,39-,40-,41+,42+,43+,44+,45-,46-,47-,48-,49-,50-,51-,52-,53-,54-,55-,56-,57+,58+,59+,60+,61-,62-,63-,64-,65+,66+,67+,68+,69+,70+/m1/s1. The second-order valence-corrected chi connectivity index (χ2v) is 31.7. The molecule has 5 amide bonds. The highest BCUT2D eigenvalue weighted by Gasteiger charge is 2.62. The van der Waals surface area contributed by atoms with Crippen molar-refractivity contribution in [1.82, 2.24) is 26.6 Å². The van der Waals surface area contributed by atoms with Crippen molar-refractivity contribution in [2.45, 2.75) is 341 Å². The number of aliphatic hydroxyl groups excluding tert-OH is 27. The lowest BCUT2D eigenvalue weighted by atomic mass is 9.93. The van der Waals surface area contributed by atoms with Gasteiger partial charge in [-0.3, -0.25) is 24.0 Å². The van der Waals surface area contributed by atoms with Crippen LogP contribution in [0.3, 0.4) is 0 Å². The Hall–Kier alpha value is -4.49. The van der Waals surface area contributed by atoms with Crippen LogP contribution in [0.15, 0.2) is 0 Å². The normalized spacial score (nSPS) is 48.4. The molecule has 56 heteroatoms. The third kappa shape index (κ3) is 22.9. The Kier molecular flexibility index (Phi) is 37.4. The highest BCUT2D eigenvalue weighted by atomic mass is 16.8. The van der Waals surface area contributed by atoms with Crippen molar-refractivity contribution < 1.29 is 252 Å². The van der Waals surface area contributed by atoms with Crippen molar-refractivity contribution >= 4 is 29.5 Å². The van der Waals surface area contributed by atoms with E-state index in [9.17, 15) is 162 Å². The van der Waals surface area contributed by atoms with Gasteiger partial charge >= 0.3 is 0 Å². The summed E-state index contributed by atoms with van der Waals surface area (Å²) >= 11 is 0. The molecule has 0 spiro atoms. The molecule has 0 unspecified atom stereocenters. The number of rotatable bonds is 33. The molecule has 0 saturated carbocycles. The summed E-state index contributed by atoms with van der Waals surface area (Å²) < 4.78 is 113. The largest absolute Gasteiger partial charge is 0.394 e. The Balaban J connectivity index is 1.00. The molecule has 728 valence electrons. The number of carbonyl (C=O) groups is 5. The van der Waals surface area contributed by atoms with Crippen molar-refractivity contribution in [2.75, 3.05) is 66.1 Å². The lowest BCUT2D eigenvalue weighted by Crippen LogP contribution is -2.71. The van der Waals surface area contributed by atoms with Crippen LogP contribution >= 0.6 is 0 Å². The van der Waals surface area contributed by atoms with Crippen LogP contribution in [0.25, 0.3) is 0 Å². The van der Waals surface area contributed by atoms with E-state index in [4.69, 9.17) is 90.0 Å². The minimum absolute atomic E-state index is 0.834. The molecule has 126 heavy (non-hydrogen) atoms. The zero-order chi connectivity index (χ0) is 92.8. The third-order valence-electron chi connectivity index (χ3n) is 22.9. The molecule has 0 bridgehead atoms. The van der Waals surface area contributed by atoms with E-state index in [0.717, 1.165) is 34.6 Å². The summed E-state index contributed by atoms with van der Waals surface area (Å²) in [5.74, 6) is -4.80. The molecule has 0 aromatic carbocycles. The molecule has 50 atom stereocenters. The Bertz CT molecular complexity index is 3440. The highest BCUT2D eigenvalue weighted by molar-refractivity contribution is 5.75. The summed E-state index contributed by atoms with van der Waals surface area (Å²) in [6.45, 7) is -6.62. The van der Waals surface area contributed by atoms with E-state index in [0.29, 0.717) is 0 Å². The van der Waals surface area contributed by atoms with Gasteiger partial charge in [0.1, 0.15) is 244 Å². The SMILES string of the molecule is CC(=O)N[C@H]1[C@@H](O[C@H]2[C@@H](O)[C@@H](CO)O[C@@H](O[C@H]3[C@H](O)[C@@H](CO)O[C@@H](OC[C@H]4O[C@@H](O[C@H]5[C@H](O)[C@@H](CO)O[C@@H](O[C@H]6[C@@H](O)[C@@H](CO)O[C@@H](O[C@H]7[C@H](O)[C@@H](O)[C@H](O)O[C@@H]7CO)[C@@H]6O)[C@@H]5NC(C)=O)[C@H](O)[C@@H](O[C@@H]5O[C@H](CO)[C@@H](O)[C@H](O[C@@H]6O[C@H](CO)[C@H](O)[C@H](O[C@H]7O[C@H](CO)[C@H](O)[C@H](O)[C@H]7NC(C)=O)[C@H]6O)[C@H]5NC(C)=O)[C@H]4O)[C@@H]3NC(C)=O)[C@@H]2O)O[C@H](CO)[C@H](O)[C@@H]1O. The first-order valence-corrected chi connectivity index (χ1v) is 40.1. The van der Waals surface area contributed by atoms with Crippen molar-refractivity contribution in [3.8, 4) is 0 Å². The smallest absolute Gasteiger partial charge is 0.217 e. The van der Waals surface area contributed by atoms with Gasteiger partial charge in [0.2, 0.25) is 29.5 Å². The van der Waals surface area contributed by atoms with E-state index in [2.05, 4.69) is 26.6 Å². The number of hydrogen-bond donors (Lipinski definition) is 32. The summed E-state index contributed by atoms with van der Waals surface area (Å²) in [5, 5.41) is 315. The molecule has 10 saturated heterocycles. The summed E-state index contributed by atoms with van der Waals surface area (Å²) in [5.41, 5.74) is 0. The fourth-order valence-corrected chi connectivity index (χ4v) is 16.4. The van der Waals surface area contributed by atoms with Crippen LogP contribution in [0.4, 0.5) is 0 Å². The van der Waals surface area contributed by atoms with Gasteiger partial charge in [0.15, 0.2) is 62.9 Å². The van der Waals surface area contributed by atoms with Crippen LogP contribution in [-0.4, -0.2) is 540 Å². The minimum Gasteiger partial charge on any atom is -0.394 e. The van der Waals surface area contributed by atoms with E-state index < -0.39 is 402 Å². The molecular formula is C70H117N5O51. The van der Waals surface area contributed by atoms with Crippen LogP contribution in [0.5, 0.6) is 0 Å². The van der Waals surface area contributed by atoms with Crippen molar-refractivity contribution in [2.24, 2.45) is 0 Å². The summed E-state index contributed by atoms with van der Waals surface area (Å²) in [4.78, 5) is 65.2. The lowest BCUT2D eigenvalue weighted by molar-refractivity contribution is -0.389. The Morgan fingerprint density at radius 2 is 0.413 bits per heavy atom. The summed E-state index contributed by atoms with van der Waals surface area (Å²) in [7, 11) is 0. The number of hydrogen-bond acceptors (Lipinski definition) is 51. The molecule has 10 aliphatic rings. The molecule has 32 N–H and O–H groups in total. The first kappa shape index (κ1) is 104. The number of nitrogens with one attached hydrogen (secondary N) is 5. The Morgan fingerprint density at radius 3 is 0.690 bits per heavy atom. The first-order chi connectivity index (χ1) is 59.6. The van der Waals surface area contributed by atoms with Gasteiger partial charge in [-0.1, -0.05) is 0 Å². The van der Waals surface area contributed by atoms with Gasteiger partial charge in [0, 0.05) is 34.6 Å². The molecule has 10 heterocycles. The average molecular weight is 1840 g/mol. The molecular weight excluding hydrogens is 1730 g/mol. The van der Waals surface area contributed by atoms with E-state index in [1.54, 1.807) is 0 Å². The summed E-state index contributed by atoms with van der Waals surface area (Å²) in [6, 6.07) is -9.65. The van der Waals surface area contributed by atoms with Crippen LogP contribution < -0.4 is 26.6 Å². The molecule has 0 aromatic rings. The maximum absolute atomic E-state index is 13.5. The van der Waals surface area contributed by atoms with Gasteiger partial charge in [-0.25, -0.2) is 0 Å². The number of ether oxygens (including phenoxy) is 19. The minimum atomic E-state index is -2.66. The van der Waals surface area contributed by atoms with Gasteiger partial charge in [0.25, 0.3) is 0 Å². The predicted molar refractivity (Wildman–Crippen MR) is 388 cm³/mol. The van der Waals surface area contributed by atoms with E-state index in [1.807, 2.05) is 0 Å². The van der Waals surface area contributed by atoms with Crippen molar-refractivity contribution in [3.05, 3.63) is 0 Å². The zero-order valence-corrected chi connectivity index (χ0v) is 67.8. The number of carbonyl (C=O) groups excluding carboxylic acids is 5. The van der Waals surface area contributed by atoms with Crippen LogP contribution in [-0.2, 0) is 114 Å². The fraction of sp³-hybridized carbons (Fsp3) is 0.929. The van der Waals surface area contributed by atoms with Crippen LogP contribution in [0.2, 0.25) is 0 Å². The fourth-order valence-electron chi connectivity index (χ4n) is 16.4. The number of aliphatic hydroxyl groups is 27. The van der Waals surface area contributed by atoms with Gasteiger partial charge in [-0.05, 0) is 0 Å². The molecule has 0 radical (unpaired) electrons. The second kappa shape index (κ2) is 45.5. The second-order valence-electron chi connectivity index (χ2n) is 31.7. The monoisotopic (exact) mass is 1840 g/mol. The van der Waals surface area contributed by atoms with Crippen molar-refractivity contribution in [3.63, 3.8) is 0 Å². The van der Waals surface area contributed by atoms with Crippen LogP contribution in [0, 0.1) is 0 Å². The highest BCUT2D eigenvalue weighted by Crippen LogP contribution is 2.41. The zero-order valence-electron chi connectivity index (χ0n) is 67.8. The maximum Gasteiger partial charge on any atom is 0.217 e. The van der Waals surface area contributed by atoms with Gasteiger partial charge in [-0.2, -0.15) is 0 Å². The first-order valence-electron chi connectivity index (χ1n) is 40.1. The maximum atomic E-state index is 13.5. The lowest BCUT2D eigenvalue weighted by Gasteiger charge is -2.51. The average Bonchev–Trinajstić information content (AvgIpc) is 0.704. The van der Waals surface area contributed by atoms with Gasteiger partial charge < -0.3 is 254 Å². The molecule has 0 aliphatic carbocycles. The van der Waals surface area contributed by atoms with Crippen LogP contribution in [0.1, 0.15) is 34.6 Å².